The van der Waals surface area contributed by atoms with Gasteiger partial charge in [-0.3, -0.25) is 19.3 Å². The van der Waals surface area contributed by atoms with Crippen LogP contribution in [0.5, 0.6) is 0 Å². The zero-order valence-corrected chi connectivity index (χ0v) is 50.4. The van der Waals surface area contributed by atoms with Gasteiger partial charge >= 0.3 is 5.97 Å². The van der Waals surface area contributed by atoms with Gasteiger partial charge in [0.25, 0.3) is 5.91 Å². The molecule has 8 N–H and O–H groups in total. The summed E-state index contributed by atoms with van der Waals surface area (Å²) < 4.78 is 56.2. The van der Waals surface area contributed by atoms with Crippen LogP contribution in [-0.2, 0) is 42.8 Å². The summed E-state index contributed by atoms with van der Waals surface area (Å²) in [7, 11) is 5.45. The molecule has 19 nitrogen and oxygen atoms in total. The van der Waals surface area contributed by atoms with E-state index in [9.17, 15) is 50.1 Å². The smallest absolute Gasteiger partial charge is 0.311 e. The number of rotatable bonds is 12. The van der Waals surface area contributed by atoms with Crippen molar-refractivity contribution in [2.45, 2.75) is 255 Å². The molecule has 25 atom stereocenters. The molecule has 20 heteroatoms. The van der Waals surface area contributed by atoms with Crippen molar-refractivity contribution in [3.05, 3.63) is 23.8 Å². The highest BCUT2D eigenvalue weighted by Gasteiger charge is 2.74. The van der Waals surface area contributed by atoms with Gasteiger partial charge in [-0.2, -0.15) is 0 Å². The van der Waals surface area contributed by atoms with Crippen molar-refractivity contribution in [3.8, 4) is 0 Å². The third kappa shape index (κ3) is 11.8. The standard InChI is InChI=1S/C60H100FN3O16/c1-16-45-58(12,73)49(68)36(6)64(25-17-24-62-53(71)59(74)23-21-40-41-19-18-38-27-39(65)20-22-55(38,9)60(41,61)44(67)29-56(40,59)10)31-54(8,72)28-43(66)48(80-52-33(3)42(63(13)14)26-32(2)76-52)34(4)47(35(5)51(70)78-45)79-46-30-57(11,75-15)50(69)37(7)77-46/h20,22,27,32-37,40-50,52,66-69,72-74H,16-19,21,23-26,28-31H2,1-15H3,(H,62,71)/t32?,33-,34+,35-,36-,37-,40?,41?,42-,43-,44+,45-,46-,47+,48-,49-,50-,52+,54?,55+,56+,57+,58-,59+,60+/m1/s1. The van der Waals surface area contributed by atoms with E-state index in [2.05, 4.69) is 10.2 Å². The summed E-state index contributed by atoms with van der Waals surface area (Å²) in [5, 5.41) is 88.2. The number of carbonyl (C=O) groups is 3. The Morgan fingerprint density at radius 2 is 1.56 bits per heavy atom. The van der Waals surface area contributed by atoms with Gasteiger partial charge in [0.05, 0.1) is 53.7 Å². The number of nitrogens with one attached hydrogen (secondary N) is 1. The number of allylic oxidation sites excluding steroid dienone is 4. The highest BCUT2D eigenvalue weighted by atomic mass is 19.1. The summed E-state index contributed by atoms with van der Waals surface area (Å²) in [6.07, 6.45) is -5.73. The van der Waals surface area contributed by atoms with Crippen LogP contribution < -0.4 is 5.32 Å². The lowest BCUT2D eigenvalue weighted by atomic mass is 9.45. The van der Waals surface area contributed by atoms with E-state index in [1.54, 1.807) is 73.3 Å². The predicted molar refractivity (Wildman–Crippen MR) is 294 cm³/mol. The van der Waals surface area contributed by atoms with E-state index in [0.717, 1.165) is 6.42 Å². The molecule has 3 aliphatic heterocycles. The van der Waals surface area contributed by atoms with Gasteiger partial charge in [-0.05, 0) is 139 Å². The first-order chi connectivity index (χ1) is 37.1. The molecule has 0 aromatic heterocycles. The monoisotopic (exact) mass is 1140 g/mol. The van der Waals surface area contributed by atoms with Crippen LogP contribution in [0.25, 0.3) is 0 Å². The Kier molecular flexibility index (Phi) is 19.6. The van der Waals surface area contributed by atoms with E-state index in [4.69, 9.17) is 28.4 Å². The van der Waals surface area contributed by atoms with Crippen LogP contribution in [0.2, 0.25) is 0 Å². The number of nitrogens with zero attached hydrogens (tertiary/aromatic N) is 2. The third-order valence-corrected chi connectivity index (χ3v) is 21.2. The number of alkyl halides is 1. The molecule has 3 heterocycles. The van der Waals surface area contributed by atoms with Crippen molar-refractivity contribution in [2.75, 3.05) is 40.8 Å². The molecule has 0 spiro atoms. The fourth-order valence-corrected chi connectivity index (χ4v) is 15.9. The highest BCUT2D eigenvalue weighted by molar-refractivity contribution is 6.01. The number of β-amino-alcohol motifs (C(OH)–C–C–N with tert-alkyl or cyclic N) is 1. The van der Waals surface area contributed by atoms with Gasteiger partial charge in [-0.15, -0.1) is 0 Å². The minimum atomic E-state index is -2.12. The van der Waals surface area contributed by atoms with Crippen LogP contribution in [0.3, 0.4) is 0 Å². The van der Waals surface area contributed by atoms with E-state index < -0.39 is 142 Å². The Balaban J connectivity index is 1.15. The van der Waals surface area contributed by atoms with Crippen molar-refractivity contribution in [2.24, 2.45) is 40.4 Å². The summed E-state index contributed by atoms with van der Waals surface area (Å²) in [4.78, 5) is 45.3. The number of cyclic esters (lactones) is 1. The molecule has 80 heavy (non-hydrogen) atoms. The minimum Gasteiger partial charge on any atom is -0.459 e. The zero-order valence-electron chi connectivity index (χ0n) is 50.4. The lowest BCUT2D eigenvalue weighted by Crippen LogP contribution is -2.69. The number of aliphatic hydroxyl groups is 7. The largest absolute Gasteiger partial charge is 0.459 e. The van der Waals surface area contributed by atoms with E-state index in [1.165, 1.54) is 26.2 Å². The van der Waals surface area contributed by atoms with Crippen molar-refractivity contribution in [1.82, 2.24) is 15.1 Å². The lowest BCUT2D eigenvalue weighted by Gasteiger charge is -2.62. The molecule has 6 fully saturated rings. The Morgan fingerprint density at radius 1 is 0.887 bits per heavy atom. The topological polar surface area (TPSA) is 267 Å². The SMILES string of the molecule is CC[C@H]1OC(=O)[C@H](C)[C@@H](O[C@@H]2C[C@](C)(OC)[C@H](O)[C@@H](C)O2)[C@H](C)[C@@H](O[C@@H]2OC(C)C[C@@H](N(C)C)[C@H]2C)[C@H](O)CC(C)(O)CN(CCCNC(=O)[C@@]2(O)CCC3C4CCC5=CC(=O)C=C[C@]5(C)[C@@]4(F)[C@@H](O)C[C@@]32C)[C@H](C)[C@@H](O)[C@]1(C)O. The fourth-order valence-electron chi connectivity index (χ4n) is 15.9. The van der Waals surface area contributed by atoms with Gasteiger partial charge in [0, 0.05) is 80.3 Å². The number of aliphatic hydroxyl groups excluding tert-OH is 4. The maximum absolute atomic E-state index is 17.8. The Bertz CT molecular complexity index is 2270. The summed E-state index contributed by atoms with van der Waals surface area (Å²) >= 11 is 0. The quantitative estimate of drug-likeness (QED) is 0.102. The Hall–Kier alpha value is -2.54. The van der Waals surface area contributed by atoms with E-state index in [1.807, 2.05) is 27.9 Å². The molecular formula is C60H100FN3O16. The molecule has 0 aromatic carbocycles. The maximum Gasteiger partial charge on any atom is 0.311 e. The molecule has 7 aliphatic rings. The second-order valence-corrected chi connectivity index (χ2v) is 27.0. The number of halogens is 1. The van der Waals surface area contributed by atoms with Crippen LogP contribution >= 0.6 is 0 Å². The number of hydrogen-bond donors (Lipinski definition) is 8. The van der Waals surface area contributed by atoms with Gasteiger partial charge in [-0.25, -0.2) is 4.39 Å². The zero-order chi connectivity index (χ0) is 59.6. The number of ketones is 1. The van der Waals surface area contributed by atoms with E-state index in [-0.39, 0.29) is 82.0 Å². The van der Waals surface area contributed by atoms with Gasteiger partial charge in [0.1, 0.15) is 29.5 Å². The molecule has 3 saturated heterocycles. The molecule has 1 amide bonds. The number of carbonyl (C=O) groups excluding carboxylic acids is 3. The number of fused-ring (bicyclic) bond motifs is 5. The molecule has 0 radical (unpaired) electrons. The van der Waals surface area contributed by atoms with Crippen LogP contribution in [0, 0.1) is 40.4 Å². The van der Waals surface area contributed by atoms with E-state index in [0.29, 0.717) is 24.8 Å². The average molecular weight is 1140 g/mol. The highest BCUT2D eigenvalue weighted by Crippen LogP contribution is 2.69. The molecule has 0 aromatic rings. The lowest BCUT2D eigenvalue weighted by molar-refractivity contribution is -0.308. The molecule has 7 rings (SSSR count). The van der Waals surface area contributed by atoms with Crippen molar-refractivity contribution < 1.29 is 82.9 Å². The summed E-state index contributed by atoms with van der Waals surface area (Å²) in [5.41, 5.74) is -10.7. The first kappa shape index (κ1) is 65.0. The predicted octanol–water partition coefficient (Wildman–Crippen LogP) is 3.88. The van der Waals surface area contributed by atoms with Gasteiger partial charge < -0.3 is 74.4 Å². The summed E-state index contributed by atoms with van der Waals surface area (Å²) in [5.74, 6) is -4.95. The second-order valence-electron chi connectivity index (χ2n) is 27.0. The van der Waals surface area contributed by atoms with E-state index >= 15 is 4.39 Å². The molecule has 3 saturated carbocycles. The van der Waals surface area contributed by atoms with Gasteiger partial charge in [0.15, 0.2) is 24.0 Å². The molecule has 4 aliphatic carbocycles. The second kappa shape index (κ2) is 24.1. The number of ether oxygens (including phenoxy) is 6. The van der Waals surface area contributed by atoms with Crippen LogP contribution in [0.15, 0.2) is 23.8 Å². The maximum atomic E-state index is 17.8. The Labute approximate surface area is 474 Å². The van der Waals surface area contributed by atoms with Crippen LogP contribution in [0.1, 0.15) is 147 Å². The molecule has 458 valence electrons. The fraction of sp³-hybridized carbons (Fsp3) is 0.883. The molecule has 0 bridgehead atoms. The summed E-state index contributed by atoms with van der Waals surface area (Å²) in [6, 6.07) is -0.900. The number of esters is 1. The average Bonchev–Trinajstić information content (AvgIpc) is 3.67. The third-order valence-electron chi connectivity index (χ3n) is 21.2. The molecular weight excluding hydrogens is 1040 g/mol. The molecule has 4 unspecified atom stereocenters. The Morgan fingerprint density at radius 3 is 2.20 bits per heavy atom. The normalized spacial score (nSPS) is 49.9. The van der Waals surface area contributed by atoms with Gasteiger partial charge in [0.2, 0.25) is 0 Å². The van der Waals surface area contributed by atoms with Crippen LogP contribution in [-0.4, -0.2) is 212 Å². The minimum absolute atomic E-state index is 0.0201. The number of amides is 1. The number of methoxy groups -OCH3 is 1. The summed E-state index contributed by atoms with van der Waals surface area (Å²) in [6.45, 7) is 20.6. The van der Waals surface area contributed by atoms with Gasteiger partial charge in [-0.1, -0.05) is 39.3 Å². The first-order valence-corrected chi connectivity index (χ1v) is 29.7. The van der Waals surface area contributed by atoms with Crippen molar-refractivity contribution in [1.29, 1.82) is 0 Å². The number of hydrogen-bond acceptors (Lipinski definition) is 18. The first-order valence-electron chi connectivity index (χ1n) is 29.7. The van der Waals surface area contributed by atoms with Crippen molar-refractivity contribution >= 4 is 17.7 Å². The van der Waals surface area contributed by atoms with Crippen molar-refractivity contribution in [3.63, 3.8) is 0 Å². The van der Waals surface area contributed by atoms with Crippen LogP contribution in [0.4, 0.5) is 4.39 Å².